The molecule has 1 fully saturated rings. The molecule has 1 saturated carbocycles. The summed E-state index contributed by atoms with van der Waals surface area (Å²) in [5, 5.41) is 9.53. The third-order valence-corrected chi connectivity index (χ3v) is 6.50. The van der Waals surface area contributed by atoms with Gasteiger partial charge in [-0.2, -0.15) is 0 Å². The minimum Gasteiger partial charge on any atom is -0.354 e. The summed E-state index contributed by atoms with van der Waals surface area (Å²) in [5.74, 6) is -0.282. The van der Waals surface area contributed by atoms with Gasteiger partial charge in [0.05, 0.1) is 11.3 Å². The van der Waals surface area contributed by atoms with Gasteiger partial charge in [0.15, 0.2) is 0 Å². The monoisotopic (exact) mass is 466 g/mol. The lowest BCUT2D eigenvalue weighted by Gasteiger charge is -2.26. The van der Waals surface area contributed by atoms with E-state index in [1.807, 2.05) is 62.6 Å². The number of fused-ring (bicyclic) bond motifs is 1. The van der Waals surface area contributed by atoms with E-state index in [-0.39, 0.29) is 17.9 Å². The van der Waals surface area contributed by atoms with Crippen molar-refractivity contribution in [2.45, 2.75) is 31.8 Å². The van der Waals surface area contributed by atoms with E-state index in [4.69, 9.17) is 0 Å². The maximum atomic E-state index is 13.2. The van der Waals surface area contributed by atoms with Crippen molar-refractivity contribution in [2.75, 3.05) is 24.7 Å². The Morgan fingerprint density at radius 3 is 2.37 bits per heavy atom. The average Bonchev–Trinajstić information content (AvgIpc) is 3.15. The summed E-state index contributed by atoms with van der Waals surface area (Å²) in [6, 6.07) is 23.8. The van der Waals surface area contributed by atoms with Crippen LogP contribution in [0.25, 0.3) is 11.3 Å². The molecule has 178 valence electrons. The van der Waals surface area contributed by atoms with E-state index in [0.29, 0.717) is 16.8 Å². The van der Waals surface area contributed by atoms with Gasteiger partial charge in [-0.05, 0) is 68.8 Å². The predicted molar refractivity (Wildman–Crippen MR) is 141 cm³/mol. The molecule has 0 bridgehead atoms. The quantitative estimate of drug-likeness (QED) is 0.430. The Labute approximate surface area is 206 Å². The highest BCUT2D eigenvalue weighted by Crippen LogP contribution is 2.38. The summed E-state index contributed by atoms with van der Waals surface area (Å²) < 4.78 is 0. The normalized spacial score (nSPS) is 16.4. The zero-order valence-electron chi connectivity index (χ0n) is 20.1. The van der Waals surface area contributed by atoms with Gasteiger partial charge in [-0.3, -0.25) is 9.59 Å². The lowest BCUT2D eigenvalue weighted by Crippen LogP contribution is -2.39. The summed E-state index contributed by atoms with van der Waals surface area (Å²) in [6.45, 7) is 0.860. The summed E-state index contributed by atoms with van der Waals surface area (Å²) in [6.07, 6.45) is 3.22. The van der Waals surface area contributed by atoms with Crippen molar-refractivity contribution in [1.29, 1.82) is 0 Å². The molecule has 3 aromatic rings. The van der Waals surface area contributed by atoms with Gasteiger partial charge in [0.1, 0.15) is 0 Å². The highest BCUT2D eigenvalue weighted by molar-refractivity contribution is 6.37. The van der Waals surface area contributed by atoms with Crippen LogP contribution < -0.4 is 16.0 Å². The first-order valence-electron chi connectivity index (χ1n) is 12.0. The lowest BCUT2D eigenvalue weighted by atomic mass is 9.93. The smallest absolute Gasteiger partial charge is 0.258 e. The molecule has 2 aliphatic rings. The molecule has 3 N–H and O–H groups in total. The Morgan fingerprint density at radius 2 is 1.71 bits per heavy atom. The minimum absolute atomic E-state index is 0.0941. The second-order valence-corrected chi connectivity index (χ2v) is 9.49. The second-order valence-electron chi connectivity index (χ2n) is 9.49. The van der Waals surface area contributed by atoms with Crippen LogP contribution in [0, 0.1) is 0 Å². The molecule has 0 unspecified atom stereocenters. The van der Waals surface area contributed by atoms with E-state index in [9.17, 15) is 9.59 Å². The zero-order chi connectivity index (χ0) is 24.4. The Bertz CT molecular complexity index is 1280. The first-order chi connectivity index (χ1) is 17.0. The number of hydrogen-bond acceptors (Lipinski definition) is 4. The van der Waals surface area contributed by atoms with E-state index in [1.165, 1.54) is 5.56 Å². The maximum Gasteiger partial charge on any atom is 0.258 e. The molecule has 0 saturated heterocycles. The van der Waals surface area contributed by atoms with Crippen molar-refractivity contribution in [2.24, 2.45) is 0 Å². The van der Waals surface area contributed by atoms with Crippen LogP contribution in [-0.4, -0.2) is 36.9 Å². The molecule has 1 aliphatic carbocycles. The van der Waals surface area contributed by atoms with Crippen molar-refractivity contribution in [1.82, 2.24) is 10.2 Å². The predicted octanol–water partition coefficient (Wildman–Crippen LogP) is 4.96. The minimum atomic E-state index is -0.188. The molecule has 35 heavy (non-hydrogen) atoms. The number of amides is 2. The molecule has 0 aromatic heterocycles. The van der Waals surface area contributed by atoms with Crippen LogP contribution in [0.5, 0.6) is 0 Å². The Kier molecular flexibility index (Phi) is 6.38. The summed E-state index contributed by atoms with van der Waals surface area (Å²) in [4.78, 5) is 28.0. The Hall–Kier alpha value is -3.90. The zero-order valence-corrected chi connectivity index (χ0v) is 20.1. The third kappa shape index (κ3) is 4.98. The fraction of sp³-hybridized carbons (Fsp3) is 0.241. The van der Waals surface area contributed by atoms with Crippen molar-refractivity contribution >= 4 is 34.5 Å². The number of nitrogens with one attached hydrogen (secondary N) is 3. The van der Waals surface area contributed by atoms with E-state index >= 15 is 0 Å². The highest BCUT2D eigenvalue weighted by atomic mass is 16.2. The van der Waals surface area contributed by atoms with Crippen LogP contribution in [0.4, 0.5) is 11.4 Å². The largest absolute Gasteiger partial charge is 0.354 e. The molecule has 6 nitrogen and oxygen atoms in total. The molecular formula is C29H30N4O2. The highest BCUT2D eigenvalue weighted by Gasteiger charge is 2.30. The van der Waals surface area contributed by atoms with Crippen LogP contribution >= 0.6 is 0 Å². The molecule has 5 rings (SSSR count). The van der Waals surface area contributed by atoms with Crippen molar-refractivity contribution in [3.8, 4) is 0 Å². The molecular weight excluding hydrogens is 436 g/mol. The molecule has 6 heteroatoms. The first-order valence-corrected chi connectivity index (χ1v) is 12.0. The van der Waals surface area contributed by atoms with E-state index in [2.05, 4.69) is 33.0 Å². The molecule has 2 amide bonds. The van der Waals surface area contributed by atoms with Gasteiger partial charge in [-0.25, -0.2) is 0 Å². The molecule has 3 aromatic carbocycles. The number of carbonyl (C=O) groups excluding carboxylic acids is 2. The van der Waals surface area contributed by atoms with Crippen LogP contribution in [-0.2, 0) is 11.3 Å². The van der Waals surface area contributed by atoms with Gasteiger partial charge < -0.3 is 20.9 Å². The number of carbonyl (C=O) groups is 2. The van der Waals surface area contributed by atoms with Gasteiger partial charge in [0.2, 0.25) is 0 Å². The van der Waals surface area contributed by atoms with Crippen molar-refractivity contribution < 1.29 is 9.59 Å². The molecule has 0 radical (unpaired) electrons. The summed E-state index contributed by atoms with van der Waals surface area (Å²) >= 11 is 0. The Balaban J connectivity index is 1.50. The van der Waals surface area contributed by atoms with E-state index in [0.717, 1.165) is 48.3 Å². The number of nitrogens with zero attached hydrogens (tertiary/aromatic N) is 1. The van der Waals surface area contributed by atoms with Gasteiger partial charge in [-0.1, -0.05) is 48.5 Å². The Morgan fingerprint density at radius 1 is 0.971 bits per heavy atom. The van der Waals surface area contributed by atoms with Crippen LogP contribution in [0.15, 0.2) is 72.8 Å². The average molecular weight is 467 g/mol. The van der Waals surface area contributed by atoms with E-state index in [1.54, 1.807) is 12.1 Å². The van der Waals surface area contributed by atoms with Gasteiger partial charge in [0.25, 0.3) is 11.8 Å². The fourth-order valence-corrected chi connectivity index (χ4v) is 4.47. The number of rotatable bonds is 7. The van der Waals surface area contributed by atoms with Crippen LogP contribution in [0.3, 0.4) is 0 Å². The molecule has 1 heterocycles. The van der Waals surface area contributed by atoms with Crippen molar-refractivity contribution in [3.63, 3.8) is 0 Å². The first kappa shape index (κ1) is 22.9. The lowest BCUT2D eigenvalue weighted by molar-refractivity contribution is -0.110. The van der Waals surface area contributed by atoms with Gasteiger partial charge >= 0.3 is 0 Å². The number of hydrogen-bond donors (Lipinski definition) is 3. The number of benzene rings is 3. The molecule has 0 atom stereocenters. The maximum absolute atomic E-state index is 13.2. The SMILES string of the molecule is CN(C)Cc1ccc(N/C(=C2\C(=O)Nc3cc(C(=O)NC4CCC4)ccc32)c2ccccc2)cc1. The van der Waals surface area contributed by atoms with E-state index < -0.39 is 0 Å². The molecule has 1 aliphatic heterocycles. The summed E-state index contributed by atoms with van der Waals surface area (Å²) in [5.41, 5.74) is 6.32. The van der Waals surface area contributed by atoms with Crippen molar-refractivity contribution in [3.05, 3.63) is 95.1 Å². The van der Waals surface area contributed by atoms with Gasteiger partial charge in [0, 0.05) is 35.1 Å². The topological polar surface area (TPSA) is 73.5 Å². The third-order valence-electron chi connectivity index (χ3n) is 6.50. The van der Waals surface area contributed by atoms with Gasteiger partial charge in [-0.15, -0.1) is 0 Å². The summed E-state index contributed by atoms with van der Waals surface area (Å²) in [7, 11) is 4.09. The standard InChI is InChI=1S/C29H30N4O2/c1-33(2)18-19-11-14-23(15-12-19)30-27(20-7-4-3-5-8-20)26-24-16-13-21(17-25(24)32-29(26)35)28(34)31-22-9-6-10-22/h3-5,7-8,11-17,22,30H,6,9-10,18H2,1-2H3,(H,31,34)(H,32,35)/b27-26-. The fourth-order valence-electron chi connectivity index (χ4n) is 4.47. The van der Waals surface area contributed by atoms with Crippen LogP contribution in [0.1, 0.15) is 46.3 Å². The number of anilines is 2. The molecule has 0 spiro atoms. The second kappa shape index (κ2) is 9.76. The van der Waals surface area contributed by atoms with Crippen LogP contribution in [0.2, 0.25) is 0 Å².